The largest absolute Gasteiger partial charge is 0.495 e. The molecular weight excluding hydrogens is 476 g/mol. The summed E-state index contributed by atoms with van der Waals surface area (Å²) < 4.78 is 38.3. The van der Waals surface area contributed by atoms with E-state index in [1.165, 1.54) is 13.2 Å². The van der Waals surface area contributed by atoms with Gasteiger partial charge in [-0.05, 0) is 43.5 Å². The number of fused-ring (bicyclic) bond motifs is 1. The van der Waals surface area contributed by atoms with Crippen LogP contribution in [0.3, 0.4) is 0 Å². The molecule has 2 aromatic rings. The Kier molecular flexibility index (Phi) is 8.03. The molecule has 9 heteroatoms. The van der Waals surface area contributed by atoms with E-state index in [4.69, 9.17) is 21.1 Å². The molecule has 0 fully saturated rings. The van der Waals surface area contributed by atoms with Crippen LogP contribution in [0.15, 0.2) is 42.5 Å². The van der Waals surface area contributed by atoms with Gasteiger partial charge < -0.3 is 14.8 Å². The summed E-state index contributed by atoms with van der Waals surface area (Å²) in [5, 5.41) is 3.39. The van der Waals surface area contributed by atoms with Crippen LogP contribution in [0.4, 0.5) is 5.69 Å². The minimum Gasteiger partial charge on any atom is -0.495 e. The Morgan fingerprint density at radius 3 is 2.47 bits per heavy atom. The zero-order valence-corrected chi connectivity index (χ0v) is 21.9. The van der Waals surface area contributed by atoms with Gasteiger partial charge in [0.25, 0.3) is 0 Å². The maximum atomic E-state index is 13.6. The standard InChI is InChI=1S/C25H33ClN2O5S/c1-6-21(28(34(5,30)31)17-13-14-23(32-4)19(26)15-17)24(29)27-20-16-25(7-2,8-3)33-22-12-10-9-11-18(20)22/h9-15,20-21H,6-8,16H2,1-5H3,(H,27,29). The van der Waals surface area contributed by atoms with Gasteiger partial charge in [0.15, 0.2) is 0 Å². The van der Waals surface area contributed by atoms with Crippen molar-refractivity contribution >= 4 is 33.2 Å². The van der Waals surface area contributed by atoms with Gasteiger partial charge in [0.05, 0.1) is 30.1 Å². The van der Waals surface area contributed by atoms with Gasteiger partial charge in [-0.15, -0.1) is 0 Å². The topological polar surface area (TPSA) is 84.9 Å². The Morgan fingerprint density at radius 2 is 1.91 bits per heavy atom. The zero-order chi connectivity index (χ0) is 25.1. The molecule has 1 aliphatic rings. The predicted molar refractivity (Wildman–Crippen MR) is 135 cm³/mol. The molecule has 2 unspecified atom stereocenters. The molecule has 1 amide bonds. The number of amides is 1. The molecule has 34 heavy (non-hydrogen) atoms. The SMILES string of the molecule is CCC(C(=O)NC1CC(CC)(CC)Oc2ccccc21)N(c1ccc(OC)c(Cl)c1)S(C)(=O)=O. The second-order valence-electron chi connectivity index (χ2n) is 8.60. The molecule has 1 N–H and O–H groups in total. The highest BCUT2D eigenvalue weighted by Crippen LogP contribution is 2.43. The van der Waals surface area contributed by atoms with Crippen LogP contribution in [-0.2, 0) is 14.8 Å². The molecule has 3 rings (SSSR count). The number of benzene rings is 2. The molecule has 1 heterocycles. The fourth-order valence-corrected chi connectivity index (χ4v) is 6.01. The lowest BCUT2D eigenvalue weighted by molar-refractivity contribution is -0.123. The van der Waals surface area contributed by atoms with Crippen molar-refractivity contribution in [2.45, 2.75) is 64.1 Å². The summed E-state index contributed by atoms with van der Waals surface area (Å²) in [6, 6.07) is 11.1. The van der Waals surface area contributed by atoms with E-state index in [2.05, 4.69) is 19.2 Å². The maximum absolute atomic E-state index is 13.6. The summed E-state index contributed by atoms with van der Waals surface area (Å²) in [4.78, 5) is 13.6. The van der Waals surface area contributed by atoms with Crippen LogP contribution in [0.1, 0.15) is 58.1 Å². The Morgan fingerprint density at radius 1 is 1.24 bits per heavy atom. The molecule has 2 aromatic carbocycles. The molecule has 0 saturated heterocycles. The molecule has 2 atom stereocenters. The van der Waals surface area contributed by atoms with Gasteiger partial charge in [-0.2, -0.15) is 0 Å². The Balaban J connectivity index is 1.97. The molecule has 1 aliphatic heterocycles. The molecule has 0 aromatic heterocycles. The number of rotatable bonds is 9. The number of carbonyl (C=O) groups is 1. The minimum atomic E-state index is -3.80. The van der Waals surface area contributed by atoms with Crippen molar-refractivity contribution in [2.75, 3.05) is 17.7 Å². The monoisotopic (exact) mass is 508 g/mol. The fourth-order valence-electron chi connectivity index (χ4n) is 4.55. The van der Waals surface area contributed by atoms with Crippen molar-refractivity contribution in [3.8, 4) is 11.5 Å². The maximum Gasteiger partial charge on any atom is 0.244 e. The Bertz CT molecular complexity index is 1130. The van der Waals surface area contributed by atoms with E-state index in [0.717, 1.165) is 34.7 Å². The molecule has 0 saturated carbocycles. The summed E-state index contributed by atoms with van der Waals surface area (Å²) in [6.07, 6.45) is 3.55. The molecule has 0 aliphatic carbocycles. The molecule has 0 spiro atoms. The van der Waals surface area contributed by atoms with E-state index in [1.54, 1.807) is 19.1 Å². The van der Waals surface area contributed by atoms with Gasteiger partial charge in [-0.1, -0.05) is 50.6 Å². The molecule has 0 radical (unpaired) electrons. The Hall–Kier alpha value is -2.45. The van der Waals surface area contributed by atoms with Crippen LogP contribution < -0.4 is 19.1 Å². The number of sulfonamides is 1. The smallest absolute Gasteiger partial charge is 0.244 e. The fraction of sp³-hybridized carbons (Fsp3) is 0.480. The zero-order valence-electron chi connectivity index (χ0n) is 20.3. The van der Waals surface area contributed by atoms with Gasteiger partial charge in [0, 0.05) is 12.0 Å². The first kappa shape index (κ1) is 26.2. The number of ether oxygens (including phenoxy) is 2. The number of nitrogens with one attached hydrogen (secondary N) is 1. The highest BCUT2D eigenvalue weighted by molar-refractivity contribution is 7.92. The number of methoxy groups -OCH3 is 1. The average molecular weight is 509 g/mol. The highest BCUT2D eigenvalue weighted by Gasteiger charge is 2.40. The van der Waals surface area contributed by atoms with Gasteiger partial charge in [-0.25, -0.2) is 8.42 Å². The number of hydrogen-bond acceptors (Lipinski definition) is 5. The van der Waals surface area contributed by atoms with Crippen molar-refractivity contribution < 1.29 is 22.7 Å². The van der Waals surface area contributed by atoms with Crippen LogP contribution in [0.2, 0.25) is 5.02 Å². The second-order valence-corrected chi connectivity index (χ2v) is 10.9. The van der Waals surface area contributed by atoms with E-state index < -0.39 is 21.7 Å². The lowest BCUT2D eigenvalue weighted by atomic mass is 9.83. The number of hydrogen-bond donors (Lipinski definition) is 1. The van der Waals surface area contributed by atoms with E-state index in [-0.39, 0.29) is 23.4 Å². The van der Waals surface area contributed by atoms with E-state index in [1.807, 2.05) is 24.3 Å². The van der Waals surface area contributed by atoms with Crippen LogP contribution in [0, 0.1) is 0 Å². The highest BCUT2D eigenvalue weighted by atomic mass is 35.5. The summed E-state index contributed by atoms with van der Waals surface area (Å²) in [5.41, 5.74) is 0.800. The summed E-state index contributed by atoms with van der Waals surface area (Å²) >= 11 is 6.27. The van der Waals surface area contributed by atoms with Crippen LogP contribution in [0.25, 0.3) is 0 Å². The van der Waals surface area contributed by atoms with Gasteiger partial charge in [0.2, 0.25) is 15.9 Å². The van der Waals surface area contributed by atoms with Crippen molar-refractivity contribution in [3.63, 3.8) is 0 Å². The number of halogens is 1. The van der Waals surface area contributed by atoms with Crippen molar-refractivity contribution in [2.24, 2.45) is 0 Å². The Labute approximate surface area is 207 Å². The van der Waals surface area contributed by atoms with Crippen molar-refractivity contribution in [1.29, 1.82) is 0 Å². The van der Waals surface area contributed by atoms with Gasteiger partial charge in [0.1, 0.15) is 23.1 Å². The third-order valence-electron chi connectivity index (χ3n) is 6.52. The summed E-state index contributed by atoms with van der Waals surface area (Å²) in [6.45, 7) is 5.93. The second kappa shape index (κ2) is 10.4. The van der Waals surface area contributed by atoms with Crippen molar-refractivity contribution in [1.82, 2.24) is 5.32 Å². The first-order chi connectivity index (χ1) is 16.1. The predicted octanol–water partition coefficient (Wildman–Crippen LogP) is 5.09. The minimum absolute atomic E-state index is 0.262. The number of carbonyl (C=O) groups excluding carboxylic acids is 1. The summed E-state index contributed by atoms with van der Waals surface area (Å²) in [7, 11) is -2.31. The van der Waals surface area contributed by atoms with E-state index >= 15 is 0 Å². The van der Waals surface area contributed by atoms with Crippen LogP contribution >= 0.6 is 11.6 Å². The van der Waals surface area contributed by atoms with Crippen molar-refractivity contribution in [3.05, 3.63) is 53.1 Å². The quantitative estimate of drug-likeness (QED) is 0.510. The third kappa shape index (κ3) is 5.28. The van der Waals surface area contributed by atoms with Crippen LogP contribution in [0.5, 0.6) is 11.5 Å². The molecule has 186 valence electrons. The van der Waals surface area contributed by atoms with E-state index in [9.17, 15) is 13.2 Å². The normalized spacial score (nSPS) is 17.8. The average Bonchev–Trinajstić information content (AvgIpc) is 2.81. The lowest BCUT2D eigenvalue weighted by Crippen LogP contribution is -2.52. The first-order valence-corrected chi connectivity index (χ1v) is 13.7. The molecular formula is C25H33ClN2O5S. The lowest BCUT2D eigenvalue weighted by Gasteiger charge is -2.42. The van der Waals surface area contributed by atoms with Gasteiger partial charge >= 0.3 is 0 Å². The molecule has 0 bridgehead atoms. The molecule has 7 nitrogen and oxygen atoms in total. The summed E-state index contributed by atoms with van der Waals surface area (Å²) in [5.74, 6) is 0.797. The van der Waals surface area contributed by atoms with Crippen LogP contribution in [-0.4, -0.2) is 39.3 Å². The first-order valence-electron chi connectivity index (χ1n) is 11.5. The van der Waals surface area contributed by atoms with Gasteiger partial charge in [-0.3, -0.25) is 9.10 Å². The number of para-hydroxylation sites is 1. The third-order valence-corrected chi connectivity index (χ3v) is 8.00. The van der Waals surface area contributed by atoms with E-state index in [0.29, 0.717) is 17.9 Å². The number of anilines is 1. The number of nitrogens with zero attached hydrogens (tertiary/aromatic N) is 1.